The van der Waals surface area contributed by atoms with Crippen LogP contribution in [-0.4, -0.2) is 33.0 Å². The predicted octanol–water partition coefficient (Wildman–Crippen LogP) is 0.961. The topological polar surface area (TPSA) is 112 Å². The van der Waals surface area contributed by atoms with Crippen molar-refractivity contribution in [1.29, 1.82) is 0 Å². The Morgan fingerprint density at radius 1 is 1.48 bits per heavy atom. The molecule has 0 spiro atoms. The largest absolute Gasteiger partial charge is 0.480 e. The monoisotopic (exact) mass is 293 g/mol. The van der Waals surface area contributed by atoms with E-state index in [1.54, 1.807) is 6.92 Å². The molecule has 7 heteroatoms. The number of aliphatic carboxylic acids is 1. The third-order valence-electron chi connectivity index (χ3n) is 2.90. The number of carbonyl (C=O) groups excluding carboxylic acids is 1. The molecule has 114 valence electrons. The standard InChI is InChI=1S/C14H19N3O4/c1-5-6-9(14(20)21)16-12(18)10-8(4)15-11(7(2)3)17-13(10)19/h5,7,9H,1,6H2,2-4H3,(H,16,18)(H,20,21)(H,15,17,19). The number of carboxylic acids is 1. The molecular formula is C14H19N3O4. The van der Waals surface area contributed by atoms with Crippen LogP contribution >= 0.6 is 0 Å². The average molecular weight is 293 g/mol. The lowest BCUT2D eigenvalue weighted by molar-refractivity contribution is -0.139. The van der Waals surface area contributed by atoms with Crippen molar-refractivity contribution in [3.8, 4) is 0 Å². The smallest absolute Gasteiger partial charge is 0.326 e. The number of rotatable bonds is 6. The Morgan fingerprint density at radius 3 is 2.52 bits per heavy atom. The molecule has 21 heavy (non-hydrogen) atoms. The van der Waals surface area contributed by atoms with E-state index in [1.165, 1.54) is 6.08 Å². The van der Waals surface area contributed by atoms with Crippen molar-refractivity contribution in [2.75, 3.05) is 0 Å². The van der Waals surface area contributed by atoms with Crippen LogP contribution in [-0.2, 0) is 4.79 Å². The second-order valence-corrected chi connectivity index (χ2v) is 4.95. The Hall–Kier alpha value is -2.44. The van der Waals surface area contributed by atoms with Gasteiger partial charge in [0, 0.05) is 5.92 Å². The summed E-state index contributed by atoms with van der Waals surface area (Å²) in [5, 5.41) is 11.3. The van der Waals surface area contributed by atoms with Gasteiger partial charge in [0.2, 0.25) is 0 Å². The van der Waals surface area contributed by atoms with Crippen molar-refractivity contribution >= 4 is 11.9 Å². The van der Waals surface area contributed by atoms with Gasteiger partial charge in [-0.3, -0.25) is 9.59 Å². The maximum Gasteiger partial charge on any atom is 0.326 e. The Bertz CT molecular complexity index is 619. The first kappa shape index (κ1) is 16.6. The van der Waals surface area contributed by atoms with E-state index in [1.807, 2.05) is 13.8 Å². The molecule has 1 aromatic heterocycles. The number of carboxylic acid groups (broad SMARTS) is 1. The van der Waals surface area contributed by atoms with Crippen LogP contribution in [0, 0.1) is 6.92 Å². The van der Waals surface area contributed by atoms with Crippen LogP contribution in [0.1, 0.15) is 48.1 Å². The molecule has 0 aliphatic rings. The van der Waals surface area contributed by atoms with Crippen LogP contribution in [0.3, 0.4) is 0 Å². The van der Waals surface area contributed by atoms with E-state index in [0.717, 1.165) is 0 Å². The zero-order valence-electron chi connectivity index (χ0n) is 12.3. The van der Waals surface area contributed by atoms with Gasteiger partial charge < -0.3 is 15.4 Å². The van der Waals surface area contributed by atoms with Gasteiger partial charge in [0.1, 0.15) is 17.4 Å². The van der Waals surface area contributed by atoms with Crippen LogP contribution in [0.4, 0.5) is 0 Å². The fourth-order valence-corrected chi connectivity index (χ4v) is 1.77. The number of nitrogens with zero attached hydrogens (tertiary/aromatic N) is 1. The molecule has 0 radical (unpaired) electrons. The van der Waals surface area contributed by atoms with Crippen molar-refractivity contribution in [3.05, 3.63) is 40.1 Å². The molecule has 0 saturated carbocycles. The lowest BCUT2D eigenvalue weighted by Gasteiger charge is -2.14. The number of aryl methyl sites for hydroxylation is 1. The van der Waals surface area contributed by atoms with Gasteiger partial charge in [0.15, 0.2) is 0 Å². The van der Waals surface area contributed by atoms with E-state index in [0.29, 0.717) is 5.82 Å². The highest BCUT2D eigenvalue weighted by Crippen LogP contribution is 2.09. The van der Waals surface area contributed by atoms with E-state index in [2.05, 4.69) is 21.9 Å². The fourth-order valence-electron chi connectivity index (χ4n) is 1.77. The van der Waals surface area contributed by atoms with Gasteiger partial charge in [0.25, 0.3) is 11.5 Å². The lowest BCUT2D eigenvalue weighted by atomic mass is 10.1. The second-order valence-electron chi connectivity index (χ2n) is 4.95. The van der Waals surface area contributed by atoms with Crippen molar-refractivity contribution < 1.29 is 14.7 Å². The van der Waals surface area contributed by atoms with E-state index in [4.69, 9.17) is 5.11 Å². The summed E-state index contributed by atoms with van der Waals surface area (Å²) in [7, 11) is 0. The minimum absolute atomic E-state index is 0.0149. The van der Waals surface area contributed by atoms with Gasteiger partial charge in [-0.05, 0) is 13.3 Å². The van der Waals surface area contributed by atoms with E-state index >= 15 is 0 Å². The van der Waals surface area contributed by atoms with Crippen LogP contribution in [0.25, 0.3) is 0 Å². The SMILES string of the molecule is C=CCC(NC(=O)c1c(C)nc(C(C)C)[nH]c1=O)C(=O)O. The fraction of sp³-hybridized carbons (Fsp3) is 0.429. The lowest BCUT2D eigenvalue weighted by Crippen LogP contribution is -2.43. The summed E-state index contributed by atoms with van der Waals surface area (Å²) >= 11 is 0. The number of nitrogens with one attached hydrogen (secondary N) is 2. The number of amides is 1. The molecule has 1 amide bonds. The van der Waals surface area contributed by atoms with Crippen molar-refractivity contribution in [3.63, 3.8) is 0 Å². The number of hydrogen-bond donors (Lipinski definition) is 3. The van der Waals surface area contributed by atoms with Gasteiger partial charge in [-0.15, -0.1) is 6.58 Å². The Balaban J connectivity index is 3.11. The van der Waals surface area contributed by atoms with Gasteiger partial charge >= 0.3 is 5.97 Å². The first-order chi connectivity index (χ1) is 9.77. The summed E-state index contributed by atoms with van der Waals surface area (Å²) < 4.78 is 0. The third kappa shape index (κ3) is 4.01. The zero-order valence-corrected chi connectivity index (χ0v) is 12.3. The van der Waals surface area contributed by atoms with Gasteiger partial charge in [0.05, 0.1) is 5.69 Å². The van der Waals surface area contributed by atoms with Crippen molar-refractivity contribution in [1.82, 2.24) is 15.3 Å². The number of aromatic amines is 1. The zero-order chi connectivity index (χ0) is 16.2. The summed E-state index contributed by atoms with van der Waals surface area (Å²) in [6.45, 7) is 8.70. The summed E-state index contributed by atoms with van der Waals surface area (Å²) in [4.78, 5) is 41.8. The first-order valence-electron chi connectivity index (χ1n) is 6.53. The number of hydrogen-bond acceptors (Lipinski definition) is 4. The third-order valence-corrected chi connectivity index (χ3v) is 2.90. The molecule has 0 fully saturated rings. The molecule has 0 aromatic carbocycles. The minimum atomic E-state index is -1.19. The van der Waals surface area contributed by atoms with Crippen molar-refractivity contribution in [2.45, 2.75) is 39.2 Å². The molecule has 0 aliphatic carbocycles. The summed E-state index contributed by atoms with van der Waals surface area (Å²) in [6.07, 6.45) is 1.45. The molecule has 0 saturated heterocycles. The molecule has 1 rings (SSSR count). The molecule has 1 unspecified atom stereocenters. The van der Waals surface area contributed by atoms with E-state index < -0.39 is 23.5 Å². The van der Waals surface area contributed by atoms with E-state index in [-0.39, 0.29) is 23.6 Å². The molecule has 3 N–H and O–H groups in total. The van der Waals surface area contributed by atoms with Crippen LogP contribution in [0.2, 0.25) is 0 Å². The molecule has 0 aliphatic heterocycles. The van der Waals surface area contributed by atoms with Crippen LogP contribution < -0.4 is 10.9 Å². The Labute approximate surface area is 122 Å². The molecule has 1 atom stereocenters. The predicted molar refractivity (Wildman–Crippen MR) is 77.4 cm³/mol. The maximum absolute atomic E-state index is 12.1. The second kappa shape index (κ2) is 6.83. The highest BCUT2D eigenvalue weighted by molar-refractivity contribution is 5.97. The number of carbonyl (C=O) groups is 2. The summed E-state index contributed by atoms with van der Waals surface area (Å²) in [5.74, 6) is -1.45. The van der Waals surface area contributed by atoms with Gasteiger partial charge in [-0.2, -0.15) is 0 Å². The quantitative estimate of drug-likeness (QED) is 0.676. The molecular weight excluding hydrogens is 274 g/mol. The summed E-state index contributed by atoms with van der Waals surface area (Å²) in [5.41, 5.74) is -0.483. The molecule has 7 nitrogen and oxygen atoms in total. The Kier molecular flexibility index (Phi) is 5.40. The van der Waals surface area contributed by atoms with E-state index in [9.17, 15) is 14.4 Å². The average Bonchev–Trinajstić information content (AvgIpc) is 2.36. The molecule has 1 heterocycles. The van der Waals surface area contributed by atoms with Gasteiger partial charge in [-0.1, -0.05) is 19.9 Å². The van der Waals surface area contributed by atoms with Crippen molar-refractivity contribution in [2.24, 2.45) is 0 Å². The highest BCUT2D eigenvalue weighted by atomic mass is 16.4. The molecule has 0 bridgehead atoms. The summed E-state index contributed by atoms with van der Waals surface area (Å²) in [6, 6.07) is -1.13. The van der Waals surface area contributed by atoms with Crippen LogP contribution in [0.15, 0.2) is 17.4 Å². The normalized spacial score (nSPS) is 12.0. The number of H-pyrrole nitrogens is 1. The highest BCUT2D eigenvalue weighted by Gasteiger charge is 2.23. The number of aromatic nitrogens is 2. The molecule has 1 aromatic rings. The Morgan fingerprint density at radius 2 is 2.10 bits per heavy atom. The maximum atomic E-state index is 12.1. The van der Waals surface area contributed by atoms with Gasteiger partial charge in [-0.25, -0.2) is 9.78 Å². The minimum Gasteiger partial charge on any atom is -0.480 e. The van der Waals surface area contributed by atoms with Crippen LogP contribution in [0.5, 0.6) is 0 Å². The first-order valence-corrected chi connectivity index (χ1v) is 6.53.